The molecule has 0 bridgehead atoms. The second kappa shape index (κ2) is 6.08. The molecule has 5 heteroatoms. The molecular weight excluding hydrogens is 225 g/mol. The Balaban J connectivity index is 2.59. The van der Waals surface area contributed by atoms with Crippen LogP contribution in [0.15, 0.2) is 18.2 Å². The Morgan fingerprint density at radius 2 is 2.29 bits per heavy atom. The van der Waals surface area contributed by atoms with Gasteiger partial charge in [0.05, 0.1) is 7.11 Å². The quantitative estimate of drug-likeness (QED) is 0.803. The van der Waals surface area contributed by atoms with Gasteiger partial charge in [-0.3, -0.25) is 4.79 Å². The number of methoxy groups -OCH3 is 1. The lowest BCUT2D eigenvalue weighted by atomic mass is 10.1. The van der Waals surface area contributed by atoms with Crippen LogP contribution in [-0.2, 0) is 4.79 Å². The molecular formula is C12H16FNO3. The van der Waals surface area contributed by atoms with Crippen LogP contribution in [-0.4, -0.2) is 24.2 Å². The van der Waals surface area contributed by atoms with Crippen LogP contribution < -0.4 is 10.1 Å². The highest BCUT2D eigenvalue weighted by Gasteiger charge is 2.07. The molecule has 0 amide bonds. The maximum absolute atomic E-state index is 13.1. The highest BCUT2D eigenvalue weighted by Crippen LogP contribution is 2.22. The van der Waals surface area contributed by atoms with E-state index in [2.05, 4.69) is 5.32 Å². The van der Waals surface area contributed by atoms with Crippen LogP contribution in [0.2, 0.25) is 0 Å². The summed E-state index contributed by atoms with van der Waals surface area (Å²) >= 11 is 0. The van der Waals surface area contributed by atoms with E-state index in [9.17, 15) is 9.18 Å². The summed E-state index contributed by atoms with van der Waals surface area (Å²) in [5, 5.41) is 11.6. The summed E-state index contributed by atoms with van der Waals surface area (Å²) in [4.78, 5) is 10.4. The van der Waals surface area contributed by atoms with Gasteiger partial charge in [-0.05, 0) is 25.5 Å². The lowest BCUT2D eigenvalue weighted by Gasteiger charge is -2.15. The molecule has 4 nitrogen and oxygen atoms in total. The molecule has 0 aliphatic rings. The number of carboxylic acids is 1. The molecule has 0 heterocycles. The predicted molar refractivity (Wildman–Crippen MR) is 62.9 cm³/mol. The second-order valence-electron chi connectivity index (χ2n) is 3.83. The van der Waals surface area contributed by atoms with E-state index >= 15 is 0 Å². The third-order valence-corrected chi connectivity index (χ3v) is 2.36. The van der Waals surface area contributed by atoms with Crippen molar-refractivity contribution in [1.29, 1.82) is 0 Å². The summed E-state index contributed by atoms with van der Waals surface area (Å²) < 4.78 is 18.0. The molecule has 0 aromatic heterocycles. The zero-order valence-electron chi connectivity index (χ0n) is 9.87. The second-order valence-corrected chi connectivity index (χ2v) is 3.83. The Bertz CT molecular complexity index is 395. The molecule has 0 radical (unpaired) electrons. The number of hydrogen-bond acceptors (Lipinski definition) is 3. The number of halogens is 1. The Hall–Kier alpha value is -1.78. The van der Waals surface area contributed by atoms with Crippen LogP contribution in [0.3, 0.4) is 0 Å². The van der Waals surface area contributed by atoms with Crippen molar-refractivity contribution in [2.45, 2.75) is 25.8 Å². The van der Waals surface area contributed by atoms with Crippen molar-refractivity contribution in [1.82, 2.24) is 0 Å². The minimum atomic E-state index is -0.824. The van der Waals surface area contributed by atoms with E-state index < -0.39 is 11.8 Å². The summed E-state index contributed by atoms with van der Waals surface area (Å²) in [5.41, 5.74) is 0.709. The van der Waals surface area contributed by atoms with E-state index in [4.69, 9.17) is 9.84 Å². The number of carboxylic acid groups (broad SMARTS) is 1. The van der Waals surface area contributed by atoms with Gasteiger partial charge in [0.15, 0.2) is 11.6 Å². The summed E-state index contributed by atoms with van der Waals surface area (Å²) in [6.45, 7) is 1.87. The van der Waals surface area contributed by atoms with Crippen molar-refractivity contribution >= 4 is 11.7 Å². The van der Waals surface area contributed by atoms with Gasteiger partial charge in [0.1, 0.15) is 0 Å². The number of ether oxygens (including phenoxy) is 1. The van der Waals surface area contributed by atoms with Crippen LogP contribution in [0.25, 0.3) is 0 Å². The van der Waals surface area contributed by atoms with E-state index in [-0.39, 0.29) is 18.2 Å². The predicted octanol–water partition coefficient (Wildman–Crippen LogP) is 2.50. The van der Waals surface area contributed by atoms with Gasteiger partial charge in [-0.2, -0.15) is 0 Å². The number of benzene rings is 1. The molecule has 1 rings (SSSR count). The molecule has 0 aliphatic carbocycles. The van der Waals surface area contributed by atoms with Crippen molar-refractivity contribution in [3.63, 3.8) is 0 Å². The van der Waals surface area contributed by atoms with Crippen molar-refractivity contribution in [3.8, 4) is 5.75 Å². The van der Waals surface area contributed by atoms with E-state index in [0.717, 1.165) is 0 Å². The van der Waals surface area contributed by atoms with Gasteiger partial charge in [0, 0.05) is 24.2 Å². The molecule has 1 unspecified atom stereocenters. The van der Waals surface area contributed by atoms with Crippen LogP contribution in [0.4, 0.5) is 10.1 Å². The first-order valence-electron chi connectivity index (χ1n) is 5.34. The van der Waals surface area contributed by atoms with Crippen LogP contribution in [0, 0.1) is 5.82 Å². The third-order valence-electron chi connectivity index (χ3n) is 2.36. The SMILES string of the molecule is COc1cc(NC(C)CCC(=O)O)ccc1F. The fourth-order valence-electron chi connectivity index (χ4n) is 1.45. The molecule has 1 aromatic carbocycles. The average molecular weight is 241 g/mol. The zero-order valence-corrected chi connectivity index (χ0v) is 9.87. The summed E-state index contributed by atoms with van der Waals surface area (Å²) in [7, 11) is 1.40. The first-order valence-corrected chi connectivity index (χ1v) is 5.34. The third kappa shape index (κ3) is 4.30. The summed E-state index contributed by atoms with van der Waals surface area (Å²) in [5.74, 6) is -1.08. The van der Waals surface area contributed by atoms with E-state index in [0.29, 0.717) is 12.1 Å². The Morgan fingerprint density at radius 3 is 2.88 bits per heavy atom. The molecule has 17 heavy (non-hydrogen) atoms. The zero-order chi connectivity index (χ0) is 12.8. The molecule has 94 valence electrons. The lowest BCUT2D eigenvalue weighted by Crippen LogP contribution is -2.16. The number of carbonyl (C=O) groups is 1. The molecule has 0 spiro atoms. The normalized spacial score (nSPS) is 11.9. The van der Waals surface area contributed by atoms with Crippen LogP contribution in [0.5, 0.6) is 5.75 Å². The molecule has 0 aliphatic heterocycles. The van der Waals surface area contributed by atoms with Crippen molar-refractivity contribution < 1.29 is 19.0 Å². The Kier molecular flexibility index (Phi) is 4.75. The van der Waals surface area contributed by atoms with Crippen molar-refractivity contribution in [3.05, 3.63) is 24.0 Å². The van der Waals surface area contributed by atoms with Gasteiger partial charge in [-0.25, -0.2) is 4.39 Å². The largest absolute Gasteiger partial charge is 0.494 e. The standard InChI is InChI=1S/C12H16FNO3/c1-8(3-6-12(15)16)14-9-4-5-10(13)11(7-9)17-2/h4-5,7-8,14H,3,6H2,1-2H3,(H,15,16). The van der Waals surface area contributed by atoms with Crippen molar-refractivity contribution in [2.75, 3.05) is 12.4 Å². The van der Waals surface area contributed by atoms with Crippen LogP contribution in [0.1, 0.15) is 19.8 Å². The molecule has 1 atom stereocenters. The molecule has 0 fully saturated rings. The highest BCUT2D eigenvalue weighted by molar-refractivity contribution is 5.66. The van der Waals surface area contributed by atoms with Crippen molar-refractivity contribution in [2.24, 2.45) is 0 Å². The minimum absolute atomic E-state index is 0.00117. The van der Waals surface area contributed by atoms with E-state index in [1.54, 1.807) is 12.1 Å². The molecule has 1 aromatic rings. The molecule has 2 N–H and O–H groups in total. The van der Waals surface area contributed by atoms with Gasteiger partial charge < -0.3 is 15.2 Å². The summed E-state index contributed by atoms with van der Waals surface area (Å²) in [6.07, 6.45) is 0.613. The number of rotatable bonds is 6. The number of hydrogen-bond donors (Lipinski definition) is 2. The number of anilines is 1. The number of aliphatic carboxylic acids is 1. The van der Waals surface area contributed by atoms with Gasteiger partial charge in [0.2, 0.25) is 0 Å². The van der Waals surface area contributed by atoms with E-state index in [1.807, 2.05) is 6.92 Å². The fourth-order valence-corrected chi connectivity index (χ4v) is 1.45. The number of nitrogens with one attached hydrogen (secondary N) is 1. The van der Waals surface area contributed by atoms with Gasteiger partial charge >= 0.3 is 5.97 Å². The van der Waals surface area contributed by atoms with Gasteiger partial charge in [-0.1, -0.05) is 0 Å². The summed E-state index contributed by atoms with van der Waals surface area (Å²) in [6, 6.07) is 4.45. The van der Waals surface area contributed by atoms with Gasteiger partial charge in [0.25, 0.3) is 0 Å². The Morgan fingerprint density at radius 1 is 1.59 bits per heavy atom. The fraction of sp³-hybridized carbons (Fsp3) is 0.417. The van der Waals surface area contributed by atoms with Gasteiger partial charge in [-0.15, -0.1) is 0 Å². The highest BCUT2D eigenvalue weighted by atomic mass is 19.1. The average Bonchev–Trinajstić information content (AvgIpc) is 2.29. The minimum Gasteiger partial charge on any atom is -0.494 e. The molecule has 0 saturated heterocycles. The van der Waals surface area contributed by atoms with Crippen LogP contribution >= 0.6 is 0 Å². The maximum Gasteiger partial charge on any atom is 0.303 e. The first kappa shape index (κ1) is 13.3. The Labute approximate surface area is 99.4 Å². The first-order chi connectivity index (χ1) is 8.02. The maximum atomic E-state index is 13.1. The topological polar surface area (TPSA) is 58.6 Å². The van der Waals surface area contributed by atoms with E-state index in [1.165, 1.54) is 13.2 Å². The smallest absolute Gasteiger partial charge is 0.303 e. The molecule has 0 saturated carbocycles. The lowest BCUT2D eigenvalue weighted by molar-refractivity contribution is -0.137. The monoisotopic (exact) mass is 241 g/mol.